The first kappa shape index (κ1) is 9.89. The van der Waals surface area contributed by atoms with E-state index in [0.29, 0.717) is 17.7 Å². The summed E-state index contributed by atoms with van der Waals surface area (Å²) in [4.78, 5) is 30.4. The van der Waals surface area contributed by atoms with Gasteiger partial charge < -0.3 is 4.74 Å². The van der Waals surface area contributed by atoms with Crippen LogP contribution in [-0.2, 0) is 16.0 Å². The standard InChI is InChI=1S/C12H7N2O3/c15-11-8-4-2-1-3-7(8)5-9(14-11)10-12(16)13-6-17-10/h1-4,10H,5H2. The lowest BCUT2D eigenvalue weighted by Crippen LogP contribution is -2.32. The highest BCUT2D eigenvalue weighted by Crippen LogP contribution is 2.19. The minimum absolute atomic E-state index is 0.342. The Hall–Kier alpha value is -2.30. The Morgan fingerprint density at radius 1 is 1.29 bits per heavy atom. The molecule has 5 nitrogen and oxygen atoms in total. The van der Waals surface area contributed by atoms with Crippen molar-refractivity contribution in [2.75, 3.05) is 0 Å². The summed E-state index contributed by atoms with van der Waals surface area (Å²) in [5.74, 6) is -0.805. The fourth-order valence-electron chi connectivity index (χ4n) is 1.90. The van der Waals surface area contributed by atoms with Crippen molar-refractivity contribution in [2.45, 2.75) is 12.5 Å². The van der Waals surface area contributed by atoms with Crippen LogP contribution < -0.4 is 0 Å². The quantitative estimate of drug-likeness (QED) is 0.707. The number of amides is 2. The Morgan fingerprint density at radius 3 is 2.88 bits per heavy atom. The van der Waals surface area contributed by atoms with Crippen molar-refractivity contribution >= 4 is 23.9 Å². The number of fused-ring (bicyclic) bond motifs is 1. The number of aliphatic imine (C=N–C) groups is 2. The summed E-state index contributed by atoms with van der Waals surface area (Å²) in [5, 5.41) is 0. The smallest absolute Gasteiger partial charge is 0.296 e. The van der Waals surface area contributed by atoms with Gasteiger partial charge in [0.1, 0.15) is 0 Å². The molecule has 3 rings (SSSR count). The Kier molecular flexibility index (Phi) is 2.11. The van der Waals surface area contributed by atoms with Gasteiger partial charge in [-0.25, -0.2) is 4.99 Å². The van der Waals surface area contributed by atoms with Crippen molar-refractivity contribution in [3.05, 3.63) is 35.4 Å². The first-order valence-corrected chi connectivity index (χ1v) is 5.10. The van der Waals surface area contributed by atoms with Crippen molar-refractivity contribution in [3.8, 4) is 0 Å². The number of hydrogen-bond donors (Lipinski definition) is 0. The molecule has 2 aliphatic rings. The largest absolute Gasteiger partial charge is 0.454 e. The summed E-state index contributed by atoms with van der Waals surface area (Å²) in [7, 11) is 0. The number of hydrogen-bond acceptors (Lipinski definition) is 3. The summed E-state index contributed by atoms with van der Waals surface area (Å²) in [6, 6.07) is 7.18. The summed E-state index contributed by atoms with van der Waals surface area (Å²) < 4.78 is 4.92. The van der Waals surface area contributed by atoms with E-state index >= 15 is 0 Å². The molecule has 83 valence electrons. The highest BCUT2D eigenvalue weighted by atomic mass is 16.5. The van der Waals surface area contributed by atoms with Crippen molar-refractivity contribution in [1.29, 1.82) is 0 Å². The fourth-order valence-corrected chi connectivity index (χ4v) is 1.90. The van der Waals surface area contributed by atoms with Crippen LogP contribution in [0, 0.1) is 0 Å². The number of nitrogens with zero attached hydrogens (tertiary/aromatic N) is 2. The zero-order valence-corrected chi connectivity index (χ0v) is 8.71. The molecule has 1 atom stereocenters. The topological polar surface area (TPSA) is 68.1 Å². The SMILES string of the molecule is O=C1N=C(C2O[C]=NC2=O)Cc2ccccc21. The van der Waals surface area contributed by atoms with E-state index in [2.05, 4.69) is 16.4 Å². The lowest BCUT2D eigenvalue weighted by Gasteiger charge is -2.17. The molecular formula is C12H7N2O3. The molecule has 0 aromatic heterocycles. The molecule has 1 aromatic rings. The summed E-state index contributed by atoms with van der Waals surface area (Å²) in [6.45, 7) is 0. The molecular weight excluding hydrogens is 220 g/mol. The van der Waals surface area contributed by atoms with Crippen LogP contribution >= 0.6 is 0 Å². The number of carbonyl (C=O) groups is 2. The Morgan fingerprint density at radius 2 is 2.12 bits per heavy atom. The minimum atomic E-state index is -0.882. The molecule has 2 amide bonds. The fraction of sp³-hybridized carbons (Fsp3) is 0.167. The van der Waals surface area contributed by atoms with Gasteiger partial charge in [0, 0.05) is 12.0 Å². The summed E-state index contributed by atoms with van der Waals surface area (Å²) >= 11 is 0. The minimum Gasteiger partial charge on any atom is -0.454 e. The van der Waals surface area contributed by atoms with E-state index in [-0.39, 0.29) is 5.91 Å². The lowest BCUT2D eigenvalue weighted by molar-refractivity contribution is -0.120. The molecule has 2 aliphatic heterocycles. The lowest BCUT2D eigenvalue weighted by atomic mass is 9.96. The molecule has 1 radical (unpaired) electrons. The van der Waals surface area contributed by atoms with Gasteiger partial charge in [0.2, 0.25) is 6.10 Å². The maximum atomic E-state index is 11.8. The Balaban J connectivity index is 1.96. The number of carbonyl (C=O) groups excluding carboxylic acids is 2. The van der Waals surface area contributed by atoms with Crippen molar-refractivity contribution in [2.24, 2.45) is 9.98 Å². The van der Waals surface area contributed by atoms with Crippen LogP contribution in [0.2, 0.25) is 0 Å². The monoisotopic (exact) mass is 227 g/mol. The third-order valence-corrected chi connectivity index (χ3v) is 2.72. The van der Waals surface area contributed by atoms with E-state index in [0.717, 1.165) is 5.56 Å². The first-order chi connectivity index (χ1) is 8.25. The molecule has 0 aliphatic carbocycles. The highest BCUT2D eigenvalue weighted by molar-refractivity contribution is 6.18. The molecule has 1 aromatic carbocycles. The molecule has 0 spiro atoms. The van der Waals surface area contributed by atoms with Gasteiger partial charge in [-0.05, 0) is 11.6 Å². The van der Waals surface area contributed by atoms with Gasteiger partial charge in [-0.1, -0.05) is 18.2 Å². The zero-order chi connectivity index (χ0) is 11.8. The molecule has 17 heavy (non-hydrogen) atoms. The first-order valence-electron chi connectivity index (χ1n) is 5.10. The molecule has 5 heteroatoms. The van der Waals surface area contributed by atoms with E-state index in [1.807, 2.05) is 12.1 Å². The highest BCUT2D eigenvalue weighted by Gasteiger charge is 2.33. The van der Waals surface area contributed by atoms with Gasteiger partial charge in [0.15, 0.2) is 0 Å². The second-order valence-corrected chi connectivity index (χ2v) is 3.78. The van der Waals surface area contributed by atoms with Gasteiger partial charge >= 0.3 is 0 Å². The Labute approximate surface area is 96.8 Å². The van der Waals surface area contributed by atoms with E-state index in [1.54, 1.807) is 12.1 Å². The van der Waals surface area contributed by atoms with Gasteiger partial charge in [-0.3, -0.25) is 9.59 Å². The van der Waals surface area contributed by atoms with E-state index < -0.39 is 12.0 Å². The maximum absolute atomic E-state index is 11.8. The third kappa shape index (κ3) is 1.56. The van der Waals surface area contributed by atoms with Crippen molar-refractivity contribution in [1.82, 2.24) is 0 Å². The van der Waals surface area contributed by atoms with E-state index in [4.69, 9.17) is 4.74 Å². The van der Waals surface area contributed by atoms with Gasteiger partial charge in [0.05, 0.1) is 5.71 Å². The van der Waals surface area contributed by atoms with Crippen molar-refractivity contribution in [3.63, 3.8) is 0 Å². The second-order valence-electron chi connectivity index (χ2n) is 3.78. The van der Waals surface area contributed by atoms with E-state index in [9.17, 15) is 9.59 Å². The van der Waals surface area contributed by atoms with Crippen molar-refractivity contribution < 1.29 is 14.3 Å². The predicted octanol–water partition coefficient (Wildman–Crippen LogP) is 0.655. The normalized spacial score (nSPS) is 22.1. The average Bonchev–Trinajstić information content (AvgIpc) is 2.75. The van der Waals surface area contributed by atoms with Crippen LogP contribution in [0.1, 0.15) is 15.9 Å². The molecule has 0 saturated heterocycles. The molecule has 1 unspecified atom stereocenters. The summed E-state index contributed by atoms with van der Waals surface area (Å²) in [6.07, 6.45) is 1.69. The number of ether oxygens (including phenoxy) is 1. The second kappa shape index (κ2) is 3.62. The van der Waals surface area contributed by atoms with Gasteiger partial charge in [0.25, 0.3) is 18.2 Å². The summed E-state index contributed by atoms with van der Waals surface area (Å²) in [5.41, 5.74) is 1.82. The van der Waals surface area contributed by atoms with Crippen LogP contribution in [0.4, 0.5) is 0 Å². The van der Waals surface area contributed by atoms with Crippen LogP contribution in [0.5, 0.6) is 0 Å². The maximum Gasteiger partial charge on any atom is 0.296 e. The molecule has 0 N–H and O–H groups in total. The molecule has 2 heterocycles. The van der Waals surface area contributed by atoms with Gasteiger partial charge in [-0.15, -0.1) is 0 Å². The van der Waals surface area contributed by atoms with Crippen LogP contribution in [-0.4, -0.2) is 30.0 Å². The number of benzene rings is 1. The molecule has 0 fully saturated rings. The Bertz CT molecular complexity index is 575. The number of rotatable bonds is 1. The van der Waals surface area contributed by atoms with Crippen LogP contribution in [0.3, 0.4) is 0 Å². The third-order valence-electron chi connectivity index (χ3n) is 2.72. The predicted molar refractivity (Wildman–Crippen MR) is 59.2 cm³/mol. The van der Waals surface area contributed by atoms with Gasteiger partial charge in [-0.2, -0.15) is 4.99 Å². The van der Waals surface area contributed by atoms with Crippen LogP contribution in [0.15, 0.2) is 34.3 Å². The average molecular weight is 227 g/mol. The van der Waals surface area contributed by atoms with E-state index in [1.165, 1.54) is 0 Å². The zero-order valence-electron chi connectivity index (χ0n) is 8.71. The van der Waals surface area contributed by atoms with Crippen LogP contribution in [0.25, 0.3) is 0 Å². The molecule has 0 bridgehead atoms. The molecule has 0 saturated carbocycles.